The van der Waals surface area contributed by atoms with Gasteiger partial charge in [-0.25, -0.2) is 0 Å². The molecule has 0 aromatic heterocycles. The first-order valence-corrected chi connectivity index (χ1v) is 7.65. The molecule has 0 saturated heterocycles. The Morgan fingerprint density at radius 3 is 2.70 bits per heavy atom. The number of anilines is 1. The van der Waals surface area contributed by atoms with Gasteiger partial charge in [0.2, 0.25) is 0 Å². The average Bonchev–Trinajstić information content (AvgIpc) is 2.39. The zero-order valence-corrected chi connectivity index (χ0v) is 14.0. The number of benzene rings is 1. The Hall–Kier alpha value is -0.780. The molecular weight excluding hydrogens is 322 g/mol. The molecule has 1 fully saturated rings. The summed E-state index contributed by atoms with van der Waals surface area (Å²) in [4.78, 5) is 0. The zero-order valence-electron chi connectivity index (χ0n) is 12.4. The molecule has 0 heterocycles. The van der Waals surface area contributed by atoms with Gasteiger partial charge in [0.15, 0.2) is 0 Å². The second kappa shape index (κ2) is 6.78. The summed E-state index contributed by atoms with van der Waals surface area (Å²) in [6, 6.07) is 4.30. The van der Waals surface area contributed by atoms with Gasteiger partial charge in [0, 0.05) is 18.2 Å². The number of methoxy groups -OCH3 is 2. The van der Waals surface area contributed by atoms with Crippen LogP contribution in [0.1, 0.15) is 18.9 Å². The van der Waals surface area contributed by atoms with E-state index in [-0.39, 0.29) is 18.2 Å². The Morgan fingerprint density at radius 2 is 2.10 bits per heavy atom. The number of rotatable bonds is 6. The summed E-state index contributed by atoms with van der Waals surface area (Å²) < 4.78 is 17.7. The predicted octanol–water partition coefficient (Wildman–Crippen LogP) is 3.37. The van der Waals surface area contributed by atoms with Gasteiger partial charge >= 0.3 is 0 Å². The molecular formula is C15H22BrNO3. The first-order chi connectivity index (χ1) is 9.60. The van der Waals surface area contributed by atoms with Gasteiger partial charge in [-0.2, -0.15) is 0 Å². The summed E-state index contributed by atoms with van der Waals surface area (Å²) in [6.07, 6.45) is 1.22. The molecule has 0 radical (unpaired) electrons. The van der Waals surface area contributed by atoms with Crippen LogP contribution in [-0.4, -0.2) is 39.1 Å². The molecule has 0 spiro atoms. The maximum Gasteiger partial charge on any atom is 0.143 e. The van der Waals surface area contributed by atoms with Crippen molar-refractivity contribution < 1.29 is 14.2 Å². The van der Waals surface area contributed by atoms with Crippen LogP contribution in [-0.2, 0) is 9.47 Å². The molecule has 2 rings (SSSR count). The van der Waals surface area contributed by atoms with E-state index in [0.717, 1.165) is 34.5 Å². The standard InChI is InChI=1S/C15H22BrNO3/c1-5-20-13-8-11(15(13)19-4)17-14-9(2)6-10(16)7-12(14)18-3/h6-7,11,13,15,17H,5,8H2,1-4H3. The van der Waals surface area contributed by atoms with Crippen molar-refractivity contribution in [1.82, 2.24) is 0 Å². The van der Waals surface area contributed by atoms with Crippen LogP contribution in [0.2, 0.25) is 0 Å². The Morgan fingerprint density at radius 1 is 1.35 bits per heavy atom. The van der Waals surface area contributed by atoms with E-state index >= 15 is 0 Å². The third-order valence-electron chi connectivity index (χ3n) is 3.72. The quantitative estimate of drug-likeness (QED) is 0.859. The van der Waals surface area contributed by atoms with Crippen LogP contribution in [0.15, 0.2) is 16.6 Å². The lowest BCUT2D eigenvalue weighted by Crippen LogP contribution is -2.56. The SMILES string of the molecule is CCOC1CC(Nc2c(C)cc(Br)cc2OC)C1OC. The lowest BCUT2D eigenvalue weighted by molar-refractivity contribution is -0.118. The zero-order chi connectivity index (χ0) is 14.7. The topological polar surface area (TPSA) is 39.7 Å². The summed E-state index contributed by atoms with van der Waals surface area (Å²) in [5.41, 5.74) is 2.17. The molecule has 1 aliphatic rings. The highest BCUT2D eigenvalue weighted by Gasteiger charge is 2.42. The molecule has 1 N–H and O–H groups in total. The number of hydrogen-bond acceptors (Lipinski definition) is 4. The molecule has 1 aromatic rings. The smallest absolute Gasteiger partial charge is 0.143 e. The van der Waals surface area contributed by atoms with E-state index in [1.165, 1.54) is 0 Å². The van der Waals surface area contributed by atoms with Gasteiger partial charge in [0.25, 0.3) is 0 Å². The van der Waals surface area contributed by atoms with Crippen LogP contribution in [0, 0.1) is 6.92 Å². The van der Waals surface area contributed by atoms with Gasteiger partial charge < -0.3 is 19.5 Å². The van der Waals surface area contributed by atoms with Crippen LogP contribution < -0.4 is 10.1 Å². The minimum atomic E-state index is 0.0858. The maximum atomic E-state index is 5.65. The fourth-order valence-electron chi connectivity index (χ4n) is 2.66. The minimum Gasteiger partial charge on any atom is -0.495 e. The molecule has 1 aromatic carbocycles. The molecule has 112 valence electrons. The largest absolute Gasteiger partial charge is 0.495 e. The highest BCUT2D eigenvalue weighted by atomic mass is 79.9. The van der Waals surface area contributed by atoms with E-state index in [0.29, 0.717) is 0 Å². The van der Waals surface area contributed by atoms with Crippen molar-refractivity contribution >= 4 is 21.6 Å². The van der Waals surface area contributed by atoms with Crippen molar-refractivity contribution in [2.75, 3.05) is 26.1 Å². The third-order valence-corrected chi connectivity index (χ3v) is 4.17. The Labute approximate surface area is 128 Å². The van der Waals surface area contributed by atoms with Crippen LogP contribution >= 0.6 is 15.9 Å². The number of halogens is 1. The Balaban J connectivity index is 2.11. The lowest BCUT2D eigenvalue weighted by Gasteiger charge is -2.44. The van der Waals surface area contributed by atoms with Gasteiger partial charge in [-0.15, -0.1) is 0 Å². The molecule has 0 aliphatic heterocycles. The van der Waals surface area contributed by atoms with E-state index in [1.54, 1.807) is 14.2 Å². The first kappa shape index (κ1) is 15.6. The number of aryl methyl sites for hydroxylation is 1. The van der Waals surface area contributed by atoms with Crippen molar-refractivity contribution in [3.8, 4) is 5.75 Å². The van der Waals surface area contributed by atoms with E-state index in [1.807, 2.05) is 13.0 Å². The number of hydrogen-bond donors (Lipinski definition) is 1. The third kappa shape index (κ3) is 3.10. The molecule has 5 heteroatoms. The molecule has 1 saturated carbocycles. The van der Waals surface area contributed by atoms with E-state index < -0.39 is 0 Å². The van der Waals surface area contributed by atoms with Gasteiger partial charge in [-0.1, -0.05) is 15.9 Å². The van der Waals surface area contributed by atoms with E-state index in [2.05, 4.69) is 34.2 Å². The van der Waals surface area contributed by atoms with Crippen molar-refractivity contribution in [2.24, 2.45) is 0 Å². The molecule has 0 amide bonds. The highest BCUT2D eigenvalue weighted by molar-refractivity contribution is 9.10. The molecule has 3 atom stereocenters. The summed E-state index contributed by atoms with van der Waals surface area (Å²) in [5.74, 6) is 0.839. The maximum absolute atomic E-state index is 5.65. The summed E-state index contributed by atoms with van der Waals surface area (Å²) in [7, 11) is 3.42. The van der Waals surface area contributed by atoms with Gasteiger partial charge in [-0.05, 0) is 38.0 Å². The molecule has 20 heavy (non-hydrogen) atoms. The van der Waals surface area contributed by atoms with E-state index in [4.69, 9.17) is 14.2 Å². The van der Waals surface area contributed by atoms with Gasteiger partial charge in [0.1, 0.15) is 11.9 Å². The van der Waals surface area contributed by atoms with Crippen molar-refractivity contribution in [3.63, 3.8) is 0 Å². The fourth-order valence-corrected chi connectivity index (χ4v) is 3.21. The molecule has 4 nitrogen and oxygen atoms in total. The molecule has 0 bridgehead atoms. The summed E-state index contributed by atoms with van der Waals surface area (Å²) in [5, 5.41) is 3.53. The predicted molar refractivity (Wildman–Crippen MR) is 83.7 cm³/mol. The van der Waals surface area contributed by atoms with E-state index in [9.17, 15) is 0 Å². The van der Waals surface area contributed by atoms with Crippen molar-refractivity contribution in [1.29, 1.82) is 0 Å². The van der Waals surface area contributed by atoms with Crippen LogP contribution in [0.4, 0.5) is 5.69 Å². The lowest BCUT2D eigenvalue weighted by atomic mass is 9.84. The van der Waals surface area contributed by atoms with Gasteiger partial charge in [-0.3, -0.25) is 0 Å². The Bertz CT molecular complexity index is 467. The minimum absolute atomic E-state index is 0.0858. The summed E-state index contributed by atoms with van der Waals surface area (Å²) in [6.45, 7) is 4.80. The van der Waals surface area contributed by atoms with Crippen molar-refractivity contribution in [3.05, 3.63) is 22.2 Å². The fraction of sp³-hybridized carbons (Fsp3) is 0.600. The molecule has 1 aliphatic carbocycles. The highest BCUT2D eigenvalue weighted by Crippen LogP contribution is 2.36. The van der Waals surface area contributed by atoms with Crippen molar-refractivity contribution in [2.45, 2.75) is 38.5 Å². The van der Waals surface area contributed by atoms with Gasteiger partial charge in [0.05, 0.1) is 24.9 Å². The van der Waals surface area contributed by atoms with Crippen LogP contribution in [0.5, 0.6) is 5.75 Å². The monoisotopic (exact) mass is 343 g/mol. The first-order valence-electron chi connectivity index (χ1n) is 6.85. The second-order valence-electron chi connectivity index (χ2n) is 4.98. The van der Waals surface area contributed by atoms with Crippen LogP contribution in [0.25, 0.3) is 0 Å². The average molecular weight is 344 g/mol. The molecule has 3 unspecified atom stereocenters. The Kier molecular flexibility index (Phi) is 5.29. The van der Waals surface area contributed by atoms with Crippen LogP contribution in [0.3, 0.4) is 0 Å². The number of ether oxygens (including phenoxy) is 3. The second-order valence-corrected chi connectivity index (χ2v) is 5.90. The normalized spacial score (nSPS) is 25.1. The number of nitrogens with one attached hydrogen (secondary N) is 1. The summed E-state index contributed by atoms with van der Waals surface area (Å²) >= 11 is 3.49.